The number of hydrogen-bond donors (Lipinski definition) is 1. The van der Waals surface area contributed by atoms with Gasteiger partial charge < -0.3 is 10.6 Å². The minimum absolute atomic E-state index is 0.398. The first kappa shape index (κ1) is 11.8. The van der Waals surface area contributed by atoms with Crippen molar-refractivity contribution in [3.63, 3.8) is 0 Å². The molecule has 1 heterocycles. The monoisotopic (exact) mass is 263 g/mol. The zero-order chi connectivity index (χ0) is 12.5. The molecule has 1 saturated heterocycles. The summed E-state index contributed by atoms with van der Waals surface area (Å²) in [7, 11) is 0. The summed E-state index contributed by atoms with van der Waals surface area (Å²) in [6.45, 7) is 2.14. The van der Waals surface area contributed by atoms with Gasteiger partial charge in [0.15, 0.2) is 5.96 Å². The maximum Gasteiger partial charge on any atom is 0.191 e. The summed E-state index contributed by atoms with van der Waals surface area (Å²) in [5, 5.41) is 0.819. The van der Waals surface area contributed by atoms with Gasteiger partial charge in [-0.3, -0.25) is 0 Å². The van der Waals surface area contributed by atoms with Gasteiger partial charge in [-0.05, 0) is 42.9 Å². The zero-order valence-electron chi connectivity index (χ0n) is 10.3. The summed E-state index contributed by atoms with van der Waals surface area (Å²) in [6.07, 6.45) is 3.43. The average molecular weight is 264 g/mol. The number of hydrogen-bond acceptors (Lipinski definition) is 1. The Hall–Kier alpha value is -1.22. The van der Waals surface area contributed by atoms with Gasteiger partial charge in [-0.25, -0.2) is 4.99 Å². The van der Waals surface area contributed by atoms with E-state index in [2.05, 4.69) is 22.0 Å². The molecule has 0 spiro atoms. The van der Waals surface area contributed by atoms with Crippen LogP contribution in [0, 0.1) is 0 Å². The highest BCUT2D eigenvalue weighted by Gasteiger charge is 2.31. The zero-order valence-corrected chi connectivity index (χ0v) is 11.1. The quantitative estimate of drug-likeness (QED) is 0.658. The smallest absolute Gasteiger partial charge is 0.191 e. The van der Waals surface area contributed by atoms with Crippen LogP contribution in [0.2, 0.25) is 5.02 Å². The summed E-state index contributed by atoms with van der Waals surface area (Å²) in [5.74, 6) is 1.33. The van der Waals surface area contributed by atoms with Crippen LogP contribution >= 0.6 is 11.6 Å². The fraction of sp³-hybridized carbons (Fsp3) is 0.500. The summed E-state index contributed by atoms with van der Waals surface area (Å²) >= 11 is 6.00. The van der Waals surface area contributed by atoms with Crippen LogP contribution in [-0.4, -0.2) is 30.0 Å². The molecule has 0 atom stereocenters. The Labute approximate surface area is 113 Å². The molecular formula is C14H18ClN3. The van der Waals surface area contributed by atoms with E-state index in [0.717, 1.165) is 36.9 Å². The van der Waals surface area contributed by atoms with Gasteiger partial charge in [0.1, 0.15) is 0 Å². The molecule has 2 fully saturated rings. The SMILES string of the molecule is NC(=NC1CC(c2cccc(Cl)c2)C1)N1CCC1. The highest BCUT2D eigenvalue weighted by molar-refractivity contribution is 6.30. The van der Waals surface area contributed by atoms with Gasteiger partial charge in [0.05, 0.1) is 6.04 Å². The molecule has 0 aromatic heterocycles. The van der Waals surface area contributed by atoms with Crippen molar-refractivity contribution in [2.45, 2.75) is 31.2 Å². The van der Waals surface area contributed by atoms with E-state index in [1.807, 2.05) is 12.1 Å². The van der Waals surface area contributed by atoms with E-state index in [-0.39, 0.29) is 0 Å². The molecule has 2 aliphatic rings. The second-order valence-electron chi connectivity index (χ2n) is 5.21. The Balaban J connectivity index is 1.56. The molecule has 2 N–H and O–H groups in total. The molecule has 0 radical (unpaired) electrons. The molecular weight excluding hydrogens is 246 g/mol. The van der Waals surface area contributed by atoms with E-state index in [1.165, 1.54) is 12.0 Å². The lowest BCUT2D eigenvalue weighted by Crippen LogP contribution is -2.47. The fourth-order valence-electron chi connectivity index (χ4n) is 2.54. The van der Waals surface area contributed by atoms with Gasteiger partial charge >= 0.3 is 0 Å². The third-order valence-electron chi connectivity index (χ3n) is 3.93. The molecule has 0 unspecified atom stereocenters. The standard InChI is InChI=1S/C14H18ClN3/c15-12-4-1-3-10(7-12)11-8-13(9-11)17-14(16)18-5-2-6-18/h1,3-4,7,11,13H,2,5-6,8-9H2,(H2,16,17). The van der Waals surface area contributed by atoms with Gasteiger partial charge in [0, 0.05) is 18.1 Å². The van der Waals surface area contributed by atoms with Crippen molar-refractivity contribution in [3.8, 4) is 0 Å². The number of halogens is 1. The minimum atomic E-state index is 0.398. The van der Waals surface area contributed by atoms with Crippen LogP contribution in [0.15, 0.2) is 29.3 Å². The highest BCUT2D eigenvalue weighted by Crippen LogP contribution is 2.39. The number of rotatable bonds is 2. The topological polar surface area (TPSA) is 41.6 Å². The molecule has 3 rings (SSSR count). The summed E-state index contributed by atoms with van der Waals surface area (Å²) in [6, 6.07) is 8.54. The fourth-order valence-corrected chi connectivity index (χ4v) is 2.74. The molecule has 1 saturated carbocycles. The molecule has 1 aromatic carbocycles. The van der Waals surface area contributed by atoms with Crippen LogP contribution in [0.5, 0.6) is 0 Å². The summed E-state index contributed by atoms with van der Waals surface area (Å²) < 4.78 is 0. The predicted molar refractivity (Wildman–Crippen MR) is 75.0 cm³/mol. The maximum atomic E-state index is 6.00. The minimum Gasteiger partial charge on any atom is -0.370 e. The lowest BCUT2D eigenvalue weighted by atomic mass is 9.76. The number of benzene rings is 1. The summed E-state index contributed by atoms with van der Waals surface area (Å²) in [4.78, 5) is 6.74. The van der Waals surface area contributed by atoms with Crippen LogP contribution in [0.4, 0.5) is 0 Å². The van der Waals surface area contributed by atoms with Crippen molar-refractivity contribution in [3.05, 3.63) is 34.9 Å². The average Bonchev–Trinajstić information content (AvgIpc) is 2.20. The van der Waals surface area contributed by atoms with Crippen molar-refractivity contribution < 1.29 is 0 Å². The van der Waals surface area contributed by atoms with E-state index < -0.39 is 0 Å². The third kappa shape index (κ3) is 2.32. The van der Waals surface area contributed by atoms with Gasteiger partial charge in [-0.2, -0.15) is 0 Å². The second-order valence-corrected chi connectivity index (χ2v) is 5.64. The van der Waals surface area contributed by atoms with Gasteiger partial charge in [0.25, 0.3) is 0 Å². The maximum absolute atomic E-state index is 6.00. The number of nitrogens with zero attached hydrogens (tertiary/aromatic N) is 2. The second kappa shape index (κ2) is 4.81. The normalized spacial score (nSPS) is 27.6. The van der Waals surface area contributed by atoms with Crippen molar-refractivity contribution in [1.29, 1.82) is 0 Å². The van der Waals surface area contributed by atoms with Gasteiger partial charge in [-0.15, -0.1) is 0 Å². The molecule has 4 heteroatoms. The number of aliphatic imine (C=N–C) groups is 1. The van der Waals surface area contributed by atoms with E-state index in [1.54, 1.807) is 0 Å². The molecule has 0 amide bonds. The van der Waals surface area contributed by atoms with Crippen molar-refractivity contribution >= 4 is 17.6 Å². The Morgan fingerprint density at radius 3 is 2.72 bits per heavy atom. The lowest BCUT2D eigenvalue weighted by Gasteiger charge is -2.36. The van der Waals surface area contributed by atoms with Crippen molar-refractivity contribution in [2.75, 3.05) is 13.1 Å². The van der Waals surface area contributed by atoms with Gasteiger partial charge in [-0.1, -0.05) is 23.7 Å². The van der Waals surface area contributed by atoms with E-state index in [0.29, 0.717) is 12.0 Å². The molecule has 18 heavy (non-hydrogen) atoms. The van der Waals surface area contributed by atoms with Gasteiger partial charge in [0.2, 0.25) is 0 Å². The molecule has 1 aromatic rings. The molecule has 96 valence electrons. The van der Waals surface area contributed by atoms with Crippen molar-refractivity contribution in [1.82, 2.24) is 4.90 Å². The van der Waals surface area contributed by atoms with Crippen LogP contribution in [0.3, 0.4) is 0 Å². The van der Waals surface area contributed by atoms with Crippen LogP contribution in [0.1, 0.15) is 30.7 Å². The van der Waals surface area contributed by atoms with E-state index in [4.69, 9.17) is 17.3 Å². The summed E-state index contributed by atoms with van der Waals surface area (Å²) in [5.41, 5.74) is 7.28. The Morgan fingerprint density at radius 2 is 2.11 bits per heavy atom. The first-order valence-corrected chi connectivity index (χ1v) is 6.94. The third-order valence-corrected chi connectivity index (χ3v) is 4.16. The number of nitrogens with two attached hydrogens (primary N) is 1. The molecule has 1 aliphatic carbocycles. The van der Waals surface area contributed by atoms with Crippen LogP contribution in [0.25, 0.3) is 0 Å². The number of guanidine groups is 1. The van der Waals surface area contributed by atoms with Crippen LogP contribution < -0.4 is 5.73 Å². The van der Waals surface area contributed by atoms with Crippen molar-refractivity contribution in [2.24, 2.45) is 10.7 Å². The Kier molecular flexibility index (Phi) is 3.16. The molecule has 3 nitrogen and oxygen atoms in total. The Bertz CT molecular complexity index is 462. The Morgan fingerprint density at radius 1 is 1.33 bits per heavy atom. The largest absolute Gasteiger partial charge is 0.370 e. The van der Waals surface area contributed by atoms with Crippen LogP contribution in [-0.2, 0) is 0 Å². The lowest BCUT2D eigenvalue weighted by molar-refractivity contribution is 0.286. The van der Waals surface area contributed by atoms with E-state index in [9.17, 15) is 0 Å². The highest BCUT2D eigenvalue weighted by atomic mass is 35.5. The first-order valence-electron chi connectivity index (χ1n) is 6.56. The first-order chi connectivity index (χ1) is 8.72. The number of likely N-dealkylation sites (tertiary alicyclic amines) is 1. The molecule has 0 bridgehead atoms. The predicted octanol–water partition coefficient (Wildman–Crippen LogP) is 2.61. The van der Waals surface area contributed by atoms with E-state index >= 15 is 0 Å². The molecule has 1 aliphatic heterocycles.